The third-order valence-corrected chi connectivity index (χ3v) is 2.67. The third kappa shape index (κ3) is 3.04. The van der Waals surface area contributed by atoms with Gasteiger partial charge in [-0.05, 0) is 0 Å². The first kappa shape index (κ1) is 15.9. The molecule has 0 amide bonds. The van der Waals surface area contributed by atoms with Crippen molar-refractivity contribution >= 4 is 10.9 Å². The summed E-state index contributed by atoms with van der Waals surface area (Å²) < 4.78 is 21.0. The summed E-state index contributed by atoms with van der Waals surface area (Å²) in [6.45, 7) is 4.00. The van der Waals surface area contributed by atoms with Crippen LogP contribution in [0, 0.1) is 0 Å². The quantitative estimate of drug-likeness (QED) is 0.859. The number of ether oxygens (including phenoxy) is 4. The SMILES string of the molecule is CC.COc1cc(OC)c2c(OC)cc(OC)nc2c1. The summed E-state index contributed by atoms with van der Waals surface area (Å²) >= 11 is 0. The number of methoxy groups -OCH3 is 4. The minimum absolute atomic E-state index is 0.481. The van der Waals surface area contributed by atoms with Crippen LogP contribution in [-0.4, -0.2) is 33.4 Å². The van der Waals surface area contributed by atoms with E-state index in [0.717, 1.165) is 5.39 Å². The maximum atomic E-state index is 5.35. The number of aromatic nitrogens is 1. The summed E-state index contributed by atoms with van der Waals surface area (Å²) in [6.07, 6.45) is 0. The van der Waals surface area contributed by atoms with Crippen LogP contribution in [0.25, 0.3) is 10.9 Å². The van der Waals surface area contributed by atoms with E-state index >= 15 is 0 Å². The van der Waals surface area contributed by atoms with E-state index in [4.69, 9.17) is 18.9 Å². The molecule has 1 heterocycles. The fraction of sp³-hybridized carbons (Fsp3) is 0.400. The number of pyridine rings is 1. The molecule has 2 aromatic rings. The molecule has 5 nitrogen and oxygen atoms in total. The summed E-state index contributed by atoms with van der Waals surface area (Å²) in [5, 5.41) is 0.793. The second-order valence-corrected chi connectivity index (χ2v) is 3.59. The summed E-state index contributed by atoms with van der Waals surface area (Å²) in [5.41, 5.74) is 0.697. The van der Waals surface area contributed by atoms with Gasteiger partial charge in [-0.3, -0.25) is 0 Å². The van der Waals surface area contributed by atoms with Crippen LogP contribution in [0.4, 0.5) is 0 Å². The molecule has 0 unspecified atom stereocenters. The molecule has 1 aromatic heterocycles. The molecule has 2 rings (SSSR count). The average Bonchev–Trinajstić information content (AvgIpc) is 2.54. The molecule has 0 bridgehead atoms. The van der Waals surface area contributed by atoms with E-state index < -0.39 is 0 Å². The first-order valence-electron chi connectivity index (χ1n) is 6.38. The van der Waals surface area contributed by atoms with E-state index in [1.54, 1.807) is 40.6 Å². The molecule has 0 saturated heterocycles. The Morgan fingerprint density at radius 1 is 0.750 bits per heavy atom. The highest BCUT2D eigenvalue weighted by Gasteiger charge is 2.13. The number of rotatable bonds is 4. The highest BCUT2D eigenvalue weighted by molar-refractivity contribution is 5.92. The lowest BCUT2D eigenvalue weighted by molar-refractivity contribution is 0.381. The molecule has 0 spiro atoms. The van der Waals surface area contributed by atoms with Gasteiger partial charge in [0.25, 0.3) is 0 Å². The molecule has 0 saturated carbocycles. The van der Waals surface area contributed by atoms with Gasteiger partial charge in [-0.15, -0.1) is 0 Å². The molecule has 0 fully saturated rings. The van der Waals surface area contributed by atoms with Crippen molar-refractivity contribution < 1.29 is 18.9 Å². The van der Waals surface area contributed by atoms with Crippen LogP contribution in [0.2, 0.25) is 0 Å². The molecular formula is C15H21NO4. The lowest BCUT2D eigenvalue weighted by Gasteiger charge is -2.12. The van der Waals surface area contributed by atoms with Crippen LogP contribution in [-0.2, 0) is 0 Å². The van der Waals surface area contributed by atoms with Gasteiger partial charge in [-0.2, -0.15) is 0 Å². The molecule has 1 aromatic carbocycles. The number of hydrogen-bond donors (Lipinski definition) is 0. The highest BCUT2D eigenvalue weighted by atomic mass is 16.5. The summed E-state index contributed by atoms with van der Waals surface area (Å²) in [4.78, 5) is 4.36. The monoisotopic (exact) mass is 279 g/mol. The molecule has 0 radical (unpaired) electrons. The van der Waals surface area contributed by atoms with Gasteiger partial charge in [0, 0.05) is 18.2 Å². The van der Waals surface area contributed by atoms with Crippen LogP contribution >= 0.6 is 0 Å². The minimum Gasteiger partial charge on any atom is -0.497 e. The Balaban J connectivity index is 0.000000956. The molecule has 110 valence electrons. The first-order chi connectivity index (χ1) is 9.73. The van der Waals surface area contributed by atoms with Gasteiger partial charge in [-0.25, -0.2) is 4.98 Å². The molecular weight excluding hydrogens is 258 g/mol. The van der Waals surface area contributed by atoms with E-state index in [0.29, 0.717) is 28.6 Å². The highest BCUT2D eigenvalue weighted by Crippen LogP contribution is 2.38. The maximum Gasteiger partial charge on any atom is 0.217 e. The normalized spacial score (nSPS) is 9.50. The fourth-order valence-electron chi connectivity index (χ4n) is 1.79. The first-order valence-corrected chi connectivity index (χ1v) is 6.38. The topological polar surface area (TPSA) is 49.8 Å². The lowest BCUT2D eigenvalue weighted by Crippen LogP contribution is -1.96. The van der Waals surface area contributed by atoms with Gasteiger partial charge in [0.15, 0.2) is 0 Å². The number of benzene rings is 1. The van der Waals surface area contributed by atoms with Crippen molar-refractivity contribution in [3.63, 3.8) is 0 Å². The van der Waals surface area contributed by atoms with Crippen LogP contribution in [0.3, 0.4) is 0 Å². The molecule has 0 aliphatic carbocycles. The molecule has 0 aliphatic heterocycles. The smallest absolute Gasteiger partial charge is 0.217 e. The van der Waals surface area contributed by atoms with Crippen molar-refractivity contribution in [2.45, 2.75) is 13.8 Å². The van der Waals surface area contributed by atoms with Gasteiger partial charge < -0.3 is 18.9 Å². The molecule has 5 heteroatoms. The van der Waals surface area contributed by atoms with E-state index in [-0.39, 0.29) is 0 Å². The van der Waals surface area contributed by atoms with Gasteiger partial charge >= 0.3 is 0 Å². The zero-order chi connectivity index (χ0) is 15.1. The van der Waals surface area contributed by atoms with Gasteiger partial charge in [0.2, 0.25) is 5.88 Å². The van der Waals surface area contributed by atoms with Crippen LogP contribution in [0.5, 0.6) is 23.1 Å². The molecule has 0 aliphatic rings. The Labute approximate surface area is 119 Å². The number of fused-ring (bicyclic) bond motifs is 1. The van der Waals surface area contributed by atoms with Crippen LogP contribution in [0.15, 0.2) is 18.2 Å². The average molecular weight is 279 g/mol. The van der Waals surface area contributed by atoms with Gasteiger partial charge in [-0.1, -0.05) is 13.8 Å². The Hall–Kier alpha value is -2.17. The molecule has 0 atom stereocenters. The summed E-state index contributed by atoms with van der Waals surface area (Å²) in [7, 11) is 6.35. The largest absolute Gasteiger partial charge is 0.497 e. The Bertz CT molecular complexity index is 523. The van der Waals surface area contributed by atoms with Crippen LogP contribution in [0.1, 0.15) is 13.8 Å². The van der Waals surface area contributed by atoms with Crippen molar-refractivity contribution in [3.05, 3.63) is 18.2 Å². The van der Waals surface area contributed by atoms with Crippen molar-refractivity contribution in [3.8, 4) is 23.1 Å². The van der Waals surface area contributed by atoms with Crippen molar-refractivity contribution in [2.75, 3.05) is 28.4 Å². The zero-order valence-electron chi connectivity index (χ0n) is 12.8. The maximum absolute atomic E-state index is 5.35. The predicted molar refractivity (Wildman–Crippen MR) is 79.3 cm³/mol. The lowest BCUT2D eigenvalue weighted by atomic mass is 10.1. The second kappa shape index (κ2) is 7.43. The van der Waals surface area contributed by atoms with E-state index in [1.165, 1.54) is 0 Å². The second-order valence-electron chi connectivity index (χ2n) is 3.59. The van der Waals surface area contributed by atoms with Crippen molar-refractivity contribution in [1.29, 1.82) is 0 Å². The van der Waals surface area contributed by atoms with Crippen LogP contribution < -0.4 is 18.9 Å². The van der Waals surface area contributed by atoms with Crippen molar-refractivity contribution in [2.24, 2.45) is 0 Å². The van der Waals surface area contributed by atoms with E-state index in [1.807, 2.05) is 19.9 Å². The number of nitrogens with zero attached hydrogens (tertiary/aromatic N) is 1. The Morgan fingerprint density at radius 3 is 1.85 bits per heavy atom. The minimum atomic E-state index is 0.481. The number of hydrogen-bond acceptors (Lipinski definition) is 5. The Morgan fingerprint density at radius 2 is 1.35 bits per heavy atom. The van der Waals surface area contributed by atoms with Gasteiger partial charge in [0.05, 0.1) is 39.3 Å². The summed E-state index contributed by atoms with van der Waals surface area (Å²) in [5.74, 6) is 2.45. The van der Waals surface area contributed by atoms with E-state index in [2.05, 4.69) is 4.98 Å². The third-order valence-electron chi connectivity index (χ3n) is 2.67. The fourth-order valence-corrected chi connectivity index (χ4v) is 1.79. The van der Waals surface area contributed by atoms with E-state index in [9.17, 15) is 0 Å². The Kier molecular flexibility index (Phi) is 5.90. The molecule has 0 N–H and O–H groups in total. The zero-order valence-corrected chi connectivity index (χ0v) is 12.8. The van der Waals surface area contributed by atoms with Crippen molar-refractivity contribution in [1.82, 2.24) is 4.98 Å². The standard InChI is InChI=1S/C13H15NO4.C2H6/c1-15-8-5-9-13(10(6-8)16-2)11(17-3)7-12(14-9)18-4;1-2/h5-7H,1-4H3;1-2H3. The van der Waals surface area contributed by atoms with Gasteiger partial charge in [0.1, 0.15) is 17.2 Å². The molecule has 20 heavy (non-hydrogen) atoms. The predicted octanol–water partition coefficient (Wildman–Crippen LogP) is 3.30. The summed E-state index contributed by atoms with van der Waals surface area (Å²) in [6, 6.07) is 5.32.